The summed E-state index contributed by atoms with van der Waals surface area (Å²) in [5.41, 5.74) is 1.21. The van der Waals surface area contributed by atoms with Crippen LogP contribution in [0, 0.1) is 0 Å². The number of hydrogen-bond acceptors (Lipinski definition) is 4. The minimum absolute atomic E-state index is 0. The molecule has 1 aliphatic rings. The summed E-state index contributed by atoms with van der Waals surface area (Å²) in [6.45, 7) is 4.72. The number of rotatable bonds is 6. The number of ether oxygens (including phenoxy) is 3. The number of fused-ring (bicyclic) bond motifs is 1. The van der Waals surface area contributed by atoms with E-state index >= 15 is 0 Å². The van der Waals surface area contributed by atoms with Crippen LogP contribution in [0.15, 0.2) is 23.2 Å². The number of halogens is 1. The molecular formula is C16H26IN3O3. The van der Waals surface area contributed by atoms with Gasteiger partial charge in [-0.3, -0.25) is 4.99 Å². The third-order valence-electron chi connectivity index (χ3n) is 3.34. The van der Waals surface area contributed by atoms with Crippen molar-refractivity contribution in [3.63, 3.8) is 0 Å². The van der Waals surface area contributed by atoms with Gasteiger partial charge in [-0.05, 0) is 31.0 Å². The Bertz CT molecular complexity index is 511. The monoisotopic (exact) mass is 435 g/mol. The van der Waals surface area contributed by atoms with Crippen LogP contribution in [0.2, 0.25) is 0 Å². The molecule has 0 bridgehead atoms. The molecule has 0 spiro atoms. The van der Waals surface area contributed by atoms with Gasteiger partial charge in [0.1, 0.15) is 13.2 Å². The van der Waals surface area contributed by atoms with E-state index in [-0.39, 0.29) is 30.0 Å². The van der Waals surface area contributed by atoms with Gasteiger partial charge in [0, 0.05) is 26.7 Å². The van der Waals surface area contributed by atoms with Gasteiger partial charge in [-0.1, -0.05) is 6.07 Å². The van der Waals surface area contributed by atoms with E-state index in [0.717, 1.165) is 30.4 Å². The van der Waals surface area contributed by atoms with Gasteiger partial charge in [0.2, 0.25) is 0 Å². The molecule has 0 saturated heterocycles. The number of guanidine groups is 1. The summed E-state index contributed by atoms with van der Waals surface area (Å²) in [5.74, 6) is 2.44. The van der Waals surface area contributed by atoms with Crippen molar-refractivity contribution in [1.29, 1.82) is 0 Å². The van der Waals surface area contributed by atoms with Crippen LogP contribution in [-0.2, 0) is 11.2 Å². The molecule has 1 atom stereocenters. The van der Waals surface area contributed by atoms with Crippen LogP contribution < -0.4 is 20.1 Å². The van der Waals surface area contributed by atoms with Gasteiger partial charge in [0.25, 0.3) is 0 Å². The Morgan fingerprint density at radius 3 is 2.74 bits per heavy atom. The smallest absolute Gasteiger partial charge is 0.191 e. The molecule has 23 heavy (non-hydrogen) atoms. The van der Waals surface area contributed by atoms with Crippen molar-refractivity contribution in [2.75, 3.05) is 40.5 Å². The predicted molar refractivity (Wildman–Crippen MR) is 102 cm³/mol. The largest absolute Gasteiger partial charge is 0.486 e. The second-order valence-corrected chi connectivity index (χ2v) is 5.23. The Kier molecular flexibility index (Phi) is 9.08. The highest BCUT2D eigenvalue weighted by molar-refractivity contribution is 14.0. The third-order valence-corrected chi connectivity index (χ3v) is 3.34. The van der Waals surface area contributed by atoms with Crippen LogP contribution >= 0.6 is 24.0 Å². The number of nitrogens with one attached hydrogen (secondary N) is 2. The summed E-state index contributed by atoms with van der Waals surface area (Å²) in [4.78, 5) is 4.21. The van der Waals surface area contributed by atoms with Crippen molar-refractivity contribution in [3.05, 3.63) is 23.8 Å². The van der Waals surface area contributed by atoms with Gasteiger partial charge in [-0.15, -0.1) is 24.0 Å². The minimum atomic E-state index is 0. The molecule has 1 unspecified atom stereocenters. The van der Waals surface area contributed by atoms with Crippen LogP contribution in [0.5, 0.6) is 11.5 Å². The summed E-state index contributed by atoms with van der Waals surface area (Å²) < 4.78 is 16.2. The molecule has 1 aromatic carbocycles. The number of nitrogens with zero attached hydrogens (tertiary/aromatic N) is 1. The summed E-state index contributed by atoms with van der Waals surface area (Å²) in [5, 5.41) is 6.57. The first-order valence-electron chi connectivity index (χ1n) is 7.57. The second-order valence-electron chi connectivity index (χ2n) is 5.23. The molecule has 130 valence electrons. The van der Waals surface area contributed by atoms with Crippen LogP contribution in [0.3, 0.4) is 0 Å². The maximum absolute atomic E-state index is 5.60. The Morgan fingerprint density at radius 1 is 1.30 bits per heavy atom. The molecule has 2 N–H and O–H groups in total. The summed E-state index contributed by atoms with van der Waals surface area (Å²) in [6.07, 6.45) is 0.885. The van der Waals surface area contributed by atoms with E-state index in [0.29, 0.717) is 19.8 Å². The lowest BCUT2D eigenvalue weighted by molar-refractivity contribution is 0.171. The minimum Gasteiger partial charge on any atom is -0.486 e. The van der Waals surface area contributed by atoms with E-state index in [1.807, 2.05) is 12.1 Å². The van der Waals surface area contributed by atoms with Crippen LogP contribution in [0.25, 0.3) is 0 Å². The molecule has 1 aliphatic heterocycles. The van der Waals surface area contributed by atoms with Crippen LogP contribution in [0.1, 0.15) is 12.5 Å². The fourth-order valence-electron chi connectivity index (χ4n) is 2.29. The standard InChI is InChI=1S/C16H25N3O3.HI/c1-12(11-20-3)19-16(17-2)18-7-6-13-4-5-14-15(10-13)22-9-8-21-14;/h4-5,10,12H,6-9,11H2,1-3H3,(H2,17,18,19);1H. The number of benzene rings is 1. The van der Waals surface area contributed by atoms with E-state index in [2.05, 4.69) is 28.6 Å². The fraction of sp³-hybridized carbons (Fsp3) is 0.562. The first-order valence-corrected chi connectivity index (χ1v) is 7.57. The quantitative estimate of drug-likeness (QED) is 0.406. The predicted octanol–water partition coefficient (Wildman–Crippen LogP) is 1.82. The fourth-order valence-corrected chi connectivity index (χ4v) is 2.29. The molecule has 0 fully saturated rings. The van der Waals surface area contributed by atoms with Crippen molar-refractivity contribution in [3.8, 4) is 11.5 Å². The molecule has 0 aliphatic carbocycles. The Labute approximate surface area is 155 Å². The lowest BCUT2D eigenvalue weighted by Crippen LogP contribution is -2.44. The Morgan fingerprint density at radius 2 is 2.04 bits per heavy atom. The zero-order valence-electron chi connectivity index (χ0n) is 13.9. The van der Waals surface area contributed by atoms with Crippen LogP contribution in [-0.4, -0.2) is 52.5 Å². The molecule has 0 saturated carbocycles. The first kappa shape index (κ1) is 19.8. The SMILES string of the molecule is CN=C(NCCc1ccc2c(c1)OCCO2)NC(C)COC.I. The molecule has 0 aromatic heterocycles. The highest BCUT2D eigenvalue weighted by atomic mass is 127. The molecule has 2 rings (SSSR count). The van der Waals surface area contributed by atoms with Crippen molar-refractivity contribution in [2.45, 2.75) is 19.4 Å². The molecule has 1 heterocycles. The van der Waals surface area contributed by atoms with Crippen molar-refractivity contribution >= 4 is 29.9 Å². The second kappa shape index (κ2) is 10.5. The Balaban J connectivity index is 0.00000264. The van der Waals surface area contributed by atoms with Gasteiger partial charge >= 0.3 is 0 Å². The molecule has 0 radical (unpaired) electrons. The highest BCUT2D eigenvalue weighted by Gasteiger charge is 2.11. The summed E-state index contributed by atoms with van der Waals surface area (Å²) >= 11 is 0. The first-order chi connectivity index (χ1) is 10.7. The van der Waals surface area contributed by atoms with E-state index in [9.17, 15) is 0 Å². The van der Waals surface area contributed by atoms with E-state index in [1.165, 1.54) is 5.56 Å². The topological polar surface area (TPSA) is 64.1 Å². The summed E-state index contributed by atoms with van der Waals surface area (Å²) in [6, 6.07) is 6.29. The average molecular weight is 435 g/mol. The highest BCUT2D eigenvalue weighted by Crippen LogP contribution is 2.30. The van der Waals surface area contributed by atoms with Crippen molar-refractivity contribution in [2.24, 2.45) is 4.99 Å². The van der Waals surface area contributed by atoms with Crippen molar-refractivity contribution < 1.29 is 14.2 Å². The Hall–Kier alpha value is -1.22. The maximum Gasteiger partial charge on any atom is 0.191 e. The van der Waals surface area contributed by atoms with Crippen LogP contribution in [0.4, 0.5) is 0 Å². The van der Waals surface area contributed by atoms with Gasteiger partial charge in [0.15, 0.2) is 17.5 Å². The van der Waals surface area contributed by atoms with E-state index in [4.69, 9.17) is 14.2 Å². The summed E-state index contributed by atoms with van der Waals surface area (Å²) in [7, 11) is 3.45. The van der Waals surface area contributed by atoms with Gasteiger partial charge < -0.3 is 24.8 Å². The lowest BCUT2D eigenvalue weighted by Gasteiger charge is -2.19. The van der Waals surface area contributed by atoms with Gasteiger partial charge in [-0.25, -0.2) is 0 Å². The number of hydrogen-bond donors (Lipinski definition) is 2. The van der Waals surface area contributed by atoms with E-state index in [1.54, 1.807) is 14.2 Å². The van der Waals surface area contributed by atoms with Gasteiger partial charge in [-0.2, -0.15) is 0 Å². The third kappa shape index (κ3) is 6.42. The van der Waals surface area contributed by atoms with Crippen molar-refractivity contribution in [1.82, 2.24) is 10.6 Å². The zero-order valence-corrected chi connectivity index (χ0v) is 16.3. The normalized spacial score (nSPS) is 14.7. The molecule has 6 nitrogen and oxygen atoms in total. The lowest BCUT2D eigenvalue weighted by atomic mass is 10.1. The zero-order chi connectivity index (χ0) is 15.8. The molecular weight excluding hydrogens is 409 g/mol. The molecule has 7 heteroatoms. The van der Waals surface area contributed by atoms with Gasteiger partial charge in [0.05, 0.1) is 6.61 Å². The molecule has 0 amide bonds. The number of aliphatic imine (C=N–C) groups is 1. The average Bonchev–Trinajstić information content (AvgIpc) is 2.54. The molecule has 1 aromatic rings. The number of methoxy groups -OCH3 is 1. The maximum atomic E-state index is 5.60. The van der Waals surface area contributed by atoms with E-state index < -0.39 is 0 Å².